The van der Waals surface area contributed by atoms with E-state index in [0.717, 1.165) is 48.7 Å². The van der Waals surface area contributed by atoms with Crippen molar-refractivity contribution in [3.63, 3.8) is 0 Å². The second-order valence-corrected chi connectivity index (χ2v) is 10.6. The number of anilines is 1. The predicted octanol–water partition coefficient (Wildman–Crippen LogP) is 4.43. The lowest BCUT2D eigenvalue weighted by Gasteiger charge is -2.11. The molecular weight excluding hydrogens is 468 g/mol. The van der Waals surface area contributed by atoms with Crippen LogP contribution in [0.2, 0.25) is 0 Å². The molecule has 172 valence electrons. The summed E-state index contributed by atoms with van der Waals surface area (Å²) in [7, 11) is 0. The van der Waals surface area contributed by atoms with Crippen LogP contribution >= 0.6 is 23.1 Å². The van der Waals surface area contributed by atoms with Crippen molar-refractivity contribution in [2.24, 2.45) is 0 Å². The van der Waals surface area contributed by atoms with Gasteiger partial charge in [-0.3, -0.25) is 9.59 Å². The second kappa shape index (κ2) is 9.44. The second-order valence-electron chi connectivity index (χ2n) is 8.13. The Labute approximate surface area is 204 Å². The van der Waals surface area contributed by atoms with Gasteiger partial charge in [0.15, 0.2) is 10.8 Å². The van der Waals surface area contributed by atoms with Gasteiger partial charge in [0.05, 0.1) is 22.7 Å². The number of aryl methyl sites for hydroxylation is 1. The average molecular weight is 491 g/mol. The molecule has 34 heavy (non-hydrogen) atoms. The monoisotopic (exact) mass is 490 g/mol. The molecular formula is C24H22N6O2S2. The Balaban J connectivity index is 1.38. The lowest BCUT2D eigenvalue weighted by molar-refractivity contribution is -0.115. The van der Waals surface area contributed by atoms with Crippen LogP contribution in [0.1, 0.15) is 42.2 Å². The minimum absolute atomic E-state index is 0.239. The zero-order valence-electron chi connectivity index (χ0n) is 18.5. The number of hydrogen-bond acceptors (Lipinski definition) is 7. The first-order valence-electron chi connectivity index (χ1n) is 11.1. The normalized spacial score (nSPS) is 14.2. The van der Waals surface area contributed by atoms with Gasteiger partial charge in [-0.2, -0.15) is 10.4 Å². The van der Waals surface area contributed by atoms with Crippen molar-refractivity contribution in [1.82, 2.24) is 19.7 Å². The molecule has 0 radical (unpaired) electrons. The molecule has 0 aliphatic heterocycles. The Morgan fingerprint density at radius 3 is 2.85 bits per heavy atom. The number of H-pyrrole nitrogens is 1. The van der Waals surface area contributed by atoms with Crippen LogP contribution in [0.4, 0.5) is 5.00 Å². The zero-order valence-corrected chi connectivity index (χ0v) is 20.1. The smallest absolute Gasteiger partial charge is 0.262 e. The highest BCUT2D eigenvalue weighted by Crippen LogP contribution is 2.37. The first kappa shape index (κ1) is 22.4. The number of thioether (sulfide) groups is 1. The van der Waals surface area contributed by atoms with Gasteiger partial charge in [0, 0.05) is 4.88 Å². The van der Waals surface area contributed by atoms with E-state index in [2.05, 4.69) is 26.5 Å². The van der Waals surface area contributed by atoms with Gasteiger partial charge in [-0.1, -0.05) is 36.4 Å². The molecule has 10 heteroatoms. The number of amides is 1. The molecule has 2 N–H and O–H groups in total. The highest BCUT2D eigenvalue weighted by Gasteiger charge is 2.24. The minimum Gasteiger partial charge on any atom is -0.316 e. The Morgan fingerprint density at radius 2 is 2.06 bits per heavy atom. The number of benzene rings is 1. The number of aromatic nitrogens is 4. The summed E-state index contributed by atoms with van der Waals surface area (Å²) >= 11 is 2.67. The number of nitrogens with one attached hydrogen (secondary N) is 2. The molecule has 0 bridgehead atoms. The highest BCUT2D eigenvalue weighted by molar-refractivity contribution is 8.00. The van der Waals surface area contributed by atoms with Crippen molar-refractivity contribution in [2.45, 2.75) is 49.4 Å². The van der Waals surface area contributed by atoms with Crippen LogP contribution in [0, 0.1) is 11.3 Å². The highest BCUT2D eigenvalue weighted by atomic mass is 32.2. The fourth-order valence-corrected chi connectivity index (χ4v) is 6.13. The van der Waals surface area contributed by atoms with E-state index >= 15 is 0 Å². The van der Waals surface area contributed by atoms with Crippen molar-refractivity contribution < 1.29 is 4.79 Å². The lowest BCUT2D eigenvalue weighted by Crippen LogP contribution is -2.23. The first-order valence-corrected chi connectivity index (χ1v) is 12.8. The minimum atomic E-state index is -0.540. The number of nitriles is 1. The molecule has 0 saturated heterocycles. The molecule has 0 saturated carbocycles. The summed E-state index contributed by atoms with van der Waals surface area (Å²) in [4.78, 5) is 34.1. The van der Waals surface area contributed by atoms with Gasteiger partial charge in [-0.05, 0) is 50.3 Å². The number of rotatable bonds is 5. The Hall–Kier alpha value is -3.42. The molecule has 8 nitrogen and oxygen atoms in total. The van der Waals surface area contributed by atoms with Crippen LogP contribution in [-0.4, -0.2) is 30.9 Å². The lowest BCUT2D eigenvalue weighted by atomic mass is 10.1. The topological polar surface area (TPSA) is 116 Å². The van der Waals surface area contributed by atoms with E-state index < -0.39 is 5.25 Å². The van der Waals surface area contributed by atoms with Gasteiger partial charge >= 0.3 is 0 Å². The fourth-order valence-electron chi connectivity index (χ4n) is 4.10. The van der Waals surface area contributed by atoms with Crippen molar-refractivity contribution in [2.75, 3.05) is 5.32 Å². The Bertz CT molecular complexity index is 1460. The molecule has 3 aromatic heterocycles. The van der Waals surface area contributed by atoms with Crippen molar-refractivity contribution in [3.05, 3.63) is 62.9 Å². The number of fused-ring (bicyclic) bond motifs is 2. The third kappa shape index (κ3) is 4.24. The van der Waals surface area contributed by atoms with Gasteiger partial charge in [-0.15, -0.1) is 11.3 Å². The maximum absolute atomic E-state index is 13.0. The summed E-state index contributed by atoms with van der Waals surface area (Å²) in [5, 5.41) is 17.8. The summed E-state index contributed by atoms with van der Waals surface area (Å²) in [5.41, 5.74) is 2.59. The van der Waals surface area contributed by atoms with Crippen molar-refractivity contribution in [3.8, 4) is 11.8 Å². The van der Waals surface area contributed by atoms with Crippen LogP contribution < -0.4 is 10.9 Å². The quantitative estimate of drug-likeness (QED) is 0.243. The molecule has 1 unspecified atom stereocenters. The van der Waals surface area contributed by atoms with Crippen LogP contribution in [0.25, 0.3) is 16.7 Å². The summed E-state index contributed by atoms with van der Waals surface area (Å²) < 4.78 is 1.61. The largest absolute Gasteiger partial charge is 0.316 e. The Morgan fingerprint density at radius 1 is 1.26 bits per heavy atom. The number of hydrogen-bond donors (Lipinski definition) is 2. The summed E-state index contributed by atoms with van der Waals surface area (Å²) in [6.07, 6.45) is 6.67. The fraction of sp³-hybridized carbons (Fsp3) is 0.292. The number of carbonyl (C=O) groups is 1. The zero-order chi connectivity index (χ0) is 23.7. The predicted molar refractivity (Wildman–Crippen MR) is 134 cm³/mol. The third-order valence-corrected chi connectivity index (χ3v) is 8.04. The number of para-hydroxylation sites is 1. The van der Waals surface area contributed by atoms with E-state index in [1.54, 1.807) is 11.6 Å². The van der Waals surface area contributed by atoms with Gasteiger partial charge < -0.3 is 10.3 Å². The number of thiophene rings is 1. The number of carbonyl (C=O) groups excluding carboxylic acids is 1. The molecule has 1 amide bonds. The Kier molecular flexibility index (Phi) is 6.22. The summed E-state index contributed by atoms with van der Waals surface area (Å²) in [5.74, 6) is -0.239. The first-order chi connectivity index (χ1) is 16.5. The summed E-state index contributed by atoms with van der Waals surface area (Å²) in [6.45, 7) is 1.75. The van der Waals surface area contributed by atoms with E-state index in [-0.39, 0.29) is 11.5 Å². The standard InChI is InChI=1S/C24H22N6O2S2/c1-14(21(31)28-23-17(12-25)16-10-6-3-7-11-19(16)34-23)33-24-27-20-18(22(32)29-24)13-26-30(20)15-8-4-2-5-9-15/h2,4-5,8-9,13-14H,3,6-7,10-11H2,1H3,(H,28,31)(H,27,29,32). The van der Waals surface area contributed by atoms with Gasteiger partial charge in [-0.25, -0.2) is 9.67 Å². The molecule has 3 heterocycles. The molecule has 0 spiro atoms. The van der Waals surface area contributed by atoms with E-state index in [4.69, 9.17) is 0 Å². The van der Waals surface area contributed by atoms with E-state index in [1.807, 2.05) is 30.3 Å². The third-order valence-electron chi connectivity index (χ3n) is 5.84. The van der Waals surface area contributed by atoms with Crippen LogP contribution in [0.3, 0.4) is 0 Å². The van der Waals surface area contributed by atoms with Crippen molar-refractivity contribution in [1.29, 1.82) is 5.26 Å². The molecule has 1 aliphatic rings. The van der Waals surface area contributed by atoms with Crippen molar-refractivity contribution >= 4 is 45.0 Å². The number of aromatic amines is 1. The van der Waals surface area contributed by atoms with Crippen LogP contribution in [-0.2, 0) is 17.6 Å². The van der Waals surface area contributed by atoms with E-state index in [0.29, 0.717) is 26.8 Å². The maximum Gasteiger partial charge on any atom is 0.262 e. The van der Waals surface area contributed by atoms with Gasteiger partial charge in [0.25, 0.3) is 5.56 Å². The van der Waals surface area contributed by atoms with E-state index in [1.165, 1.54) is 28.8 Å². The molecule has 1 atom stereocenters. The van der Waals surface area contributed by atoms with Crippen LogP contribution in [0.15, 0.2) is 46.5 Å². The summed E-state index contributed by atoms with van der Waals surface area (Å²) in [6, 6.07) is 11.7. The van der Waals surface area contributed by atoms with Gasteiger partial charge in [0.2, 0.25) is 5.91 Å². The molecule has 5 rings (SSSR count). The number of nitrogens with zero attached hydrogens (tertiary/aromatic N) is 4. The maximum atomic E-state index is 13.0. The molecule has 1 aromatic carbocycles. The SMILES string of the molecule is CC(Sc1nc2c(cnn2-c2ccccc2)c(=O)[nH]1)C(=O)Nc1sc2c(c1C#N)CCCCC2. The van der Waals surface area contributed by atoms with Gasteiger partial charge in [0.1, 0.15) is 16.5 Å². The van der Waals surface area contributed by atoms with Crippen LogP contribution in [0.5, 0.6) is 0 Å². The average Bonchev–Trinajstić information content (AvgIpc) is 3.33. The molecule has 0 fully saturated rings. The van der Waals surface area contributed by atoms with E-state index in [9.17, 15) is 14.9 Å². The molecule has 1 aliphatic carbocycles. The molecule has 4 aromatic rings.